The van der Waals surface area contributed by atoms with Crippen LogP contribution in [0, 0.1) is 5.92 Å². The van der Waals surface area contributed by atoms with E-state index in [1.165, 1.54) is 4.88 Å². The van der Waals surface area contributed by atoms with Crippen LogP contribution in [0.2, 0.25) is 0 Å². The van der Waals surface area contributed by atoms with Gasteiger partial charge in [-0.15, -0.1) is 11.3 Å². The Morgan fingerprint density at radius 2 is 2.14 bits per heavy atom. The fraction of sp³-hybridized carbons (Fsp3) is 0.550. The van der Waals surface area contributed by atoms with E-state index in [0.29, 0.717) is 55.0 Å². The number of nitrogens with one attached hydrogen (secondary N) is 1. The molecular weight excluding hydrogens is 376 g/mol. The quantitative estimate of drug-likeness (QED) is 0.853. The Kier molecular flexibility index (Phi) is 5.50. The van der Waals surface area contributed by atoms with E-state index in [9.17, 15) is 9.59 Å². The summed E-state index contributed by atoms with van der Waals surface area (Å²) in [6.07, 6.45) is 4.71. The van der Waals surface area contributed by atoms with Crippen molar-refractivity contribution in [3.63, 3.8) is 0 Å². The number of anilines is 1. The number of hydrogen-bond acceptors (Lipinski definition) is 5. The lowest BCUT2D eigenvalue weighted by Gasteiger charge is -2.28. The number of hydrogen-bond donors (Lipinski definition) is 1. The van der Waals surface area contributed by atoms with E-state index in [1.807, 2.05) is 11.8 Å². The first-order valence-corrected chi connectivity index (χ1v) is 10.7. The van der Waals surface area contributed by atoms with Gasteiger partial charge in [-0.2, -0.15) is 5.10 Å². The molecule has 0 bridgehead atoms. The van der Waals surface area contributed by atoms with Gasteiger partial charge in [-0.1, -0.05) is 6.92 Å². The van der Waals surface area contributed by atoms with Crippen molar-refractivity contribution < 1.29 is 14.3 Å². The highest BCUT2D eigenvalue weighted by molar-refractivity contribution is 7.17. The Hall–Kier alpha value is -2.19. The molecule has 0 unspecified atom stereocenters. The minimum atomic E-state index is -0.269. The van der Waals surface area contributed by atoms with Crippen molar-refractivity contribution in [2.75, 3.05) is 31.6 Å². The Morgan fingerprint density at radius 1 is 1.36 bits per heavy atom. The lowest BCUT2D eigenvalue weighted by molar-refractivity contribution is 0.0303. The molecule has 150 valence electrons. The molecule has 2 aliphatic rings. The zero-order valence-electron chi connectivity index (χ0n) is 16.4. The van der Waals surface area contributed by atoms with Crippen LogP contribution in [-0.2, 0) is 24.1 Å². The number of ether oxygens (including phenoxy) is 1. The van der Waals surface area contributed by atoms with E-state index in [4.69, 9.17) is 4.74 Å². The maximum absolute atomic E-state index is 13.3. The second-order valence-electron chi connectivity index (χ2n) is 7.47. The highest BCUT2D eigenvalue weighted by Gasteiger charge is 2.31. The molecular formula is C20H26N4O3S. The lowest BCUT2D eigenvalue weighted by atomic mass is 9.88. The molecule has 0 saturated carbocycles. The number of aryl methyl sites for hydroxylation is 1. The van der Waals surface area contributed by atoms with Crippen molar-refractivity contribution in [2.45, 2.75) is 39.7 Å². The van der Waals surface area contributed by atoms with Crippen LogP contribution >= 0.6 is 11.3 Å². The van der Waals surface area contributed by atoms with Crippen molar-refractivity contribution in [1.82, 2.24) is 14.7 Å². The number of amides is 2. The summed E-state index contributed by atoms with van der Waals surface area (Å²) in [6.45, 7) is 7.22. The Labute approximate surface area is 168 Å². The first kappa shape index (κ1) is 19.1. The number of carbonyl (C=O) groups is 2. The van der Waals surface area contributed by atoms with E-state index in [0.717, 1.165) is 24.8 Å². The number of aromatic nitrogens is 2. The van der Waals surface area contributed by atoms with Crippen molar-refractivity contribution in [3.05, 3.63) is 34.0 Å². The molecule has 1 fully saturated rings. The van der Waals surface area contributed by atoms with E-state index >= 15 is 0 Å². The molecule has 2 amide bonds. The van der Waals surface area contributed by atoms with Crippen LogP contribution in [0.5, 0.6) is 0 Å². The van der Waals surface area contributed by atoms with Crippen LogP contribution in [0.4, 0.5) is 5.00 Å². The van der Waals surface area contributed by atoms with E-state index in [-0.39, 0.29) is 11.8 Å². The van der Waals surface area contributed by atoms with Gasteiger partial charge < -0.3 is 15.0 Å². The summed E-state index contributed by atoms with van der Waals surface area (Å²) in [4.78, 5) is 29.1. The zero-order valence-corrected chi connectivity index (χ0v) is 17.2. The molecule has 1 aliphatic carbocycles. The first-order valence-electron chi connectivity index (χ1n) is 9.93. The summed E-state index contributed by atoms with van der Waals surface area (Å²) in [5, 5.41) is 7.92. The van der Waals surface area contributed by atoms with Gasteiger partial charge in [0.25, 0.3) is 11.8 Å². The van der Waals surface area contributed by atoms with Crippen LogP contribution in [0.1, 0.15) is 51.6 Å². The highest BCUT2D eigenvalue weighted by Crippen LogP contribution is 2.40. The Bertz CT molecular complexity index is 882. The van der Waals surface area contributed by atoms with Gasteiger partial charge in [-0.3, -0.25) is 14.3 Å². The van der Waals surface area contributed by atoms with Gasteiger partial charge in [-0.25, -0.2) is 0 Å². The summed E-state index contributed by atoms with van der Waals surface area (Å²) >= 11 is 1.55. The van der Waals surface area contributed by atoms with Gasteiger partial charge in [0, 0.05) is 30.7 Å². The van der Waals surface area contributed by atoms with Gasteiger partial charge in [0.2, 0.25) is 0 Å². The molecule has 28 heavy (non-hydrogen) atoms. The van der Waals surface area contributed by atoms with Gasteiger partial charge in [0.15, 0.2) is 5.69 Å². The molecule has 1 aliphatic heterocycles. The Balaban J connectivity index is 1.65. The summed E-state index contributed by atoms with van der Waals surface area (Å²) in [7, 11) is 0. The van der Waals surface area contributed by atoms with Gasteiger partial charge >= 0.3 is 0 Å². The lowest BCUT2D eigenvalue weighted by Crippen LogP contribution is -2.41. The van der Waals surface area contributed by atoms with E-state index < -0.39 is 0 Å². The van der Waals surface area contributed by atoms with Gasteiger partial charge in [0.05, 0.1) is 18.8 Å². The number of carbonyl (C=O) groups excluding carboxylic acids is 2. The minimum absolute atomic E-state index is 0.00439. The average molecular weight is 403 g/mol. The average Bonchev–Trinajstić information content (AvgIpc) is 3.32. The third kappa shape index (κ3) is 3.71. The molecule has 7 nitrogen and oxygen atoms in total. The van der Waals surface area contributed by atoms with Crippen LogP contribution in [0.25, 0.3) is 0 Å². The number of nitrogens with zero attached hydrogens (tertiary/aromatic N) is 3. The molecule has 4 rings (SSSR count). The van der Waals surface area contributed by atoms with Crippen LogP contribution < -0.4 is 5.32 Å². The largest absolute Gasteiger partial charge is 0.378 e. The summed E-state index contributed by atoms with van der Waals surface area (Å²) in [6, 6.07) is 1.71. The smallest absolute Gasteiger partial charge is 0.276 e. The molecule has 1 saturated heterocycles. The minimum Gasteiger partial charge on any atom is -0.378 e. The first-order chi connectivity index (χ1) is 13.6. The second kappa shape index (κ2) is 8.05. The zero-order chi connectivity index (χ0) is 19.7. The number of fused-ring (bicyclic) bond motifs is 1. The van der Waals surface area contributed by atoms with Crippen molar-refractivity contribution >= 4 is 28.2 Å². The molecule has 1 atom stereocenters. The third-order valence-electron chi connectivity index (χ3n) is 5.45. The van der Waals surface area contributed by atoms with E-state index in [2.05, 4.69) is 17.3 Å². The molecule has 0 spiro atoms. The number of rotatable bonds is 4. The van der Waals surface area contributed by atoms with E-state index in [1.54, 1.807) is 28.3 Å². The van der Waals surface area contributed by atoms with Crippen molar-refractivity contribution in [1.29, 1.82) is 0 Å². The summed E-state index contributed by atoms with van der Waals surface area (Å²) < 4.78 is 7.11. The molecule has 1 N–H and O–H groups in total. The summed E-state index contributed by atoms with van der Waals surface area (Å²) in [5.41, 5.74) is 2.16. The number of morpholine rings is 1. The standard InChI is InChI=1S/C20H26N4O3S/c1-3-24-7-6-15(22-24)18(25)21-19-17(20(26)23-8-10-27-11-9-23)14-5-4-13(2)12-16(14)28-19/h6-7,13H,3-5,8-12H2,1-2H3,(H,21,25)/t13-/m1/s1. The predicted octanol–water partition coefficient (Wildman–Crippen LogP) is 2.81. The second-order valence-corrected chi connectivity index (χ2v) is 8.58. The SMILES string of the molecule is CCn1ccc(C(=O)Nc2sc3c(c2C(=O)N2CCOCC2)CC[C@@H](C)C3)n1. The van der Waals surface area contributed by atoms with Crippen LogP contribution in [0.3, 0.4) is 0 Å². The summed E-state index contributed by atoms with van der Waals surface area (Å²) in [5.74, 6) is 0.334. The molecule has 0 aromatic carbocycles. The van der Waals surface area contributed by atoms with Crippen LogP contribution in [-0.4, -0.2) is 52.8 Å². The fourth-order valence-electron chi connectivity index (χ4n) is 3.82. The molecule has 3 heterocycles. The number of thiophene rings is 1. The highest BCUT2D eigenvalue weighted by atomic mass is 32.1. The van der Waals surface area contributed by atoms with Crippen molar-refractivity contribution in [3.8, 4) is 0 Å². The molecule has 2 aromatic heterocycles. The Morgan fingerprint density at radius 3 is 2.86 bits per heavy atom. The maximum Gasteiger partial charge on any atom is 0.276 e. The molecule has 0 radical (unpaired) electrons. The third-order valence-corrected chi connectivity index (χ3v) is 6.62. The van der Waals surface area contributed by atoms with Crippen LogP contribution in [0.15, 0.2) is 12.3 Å². The molecule has 2 aromatic rings. The maximum atomic E-state index is 13.3. The van der Waals surface area contributed by atoms with Gasteiger partial charge in [0.1, 0.15) is 5.00 Å². The fourth-order valence-corrected chi connectivity index (χ4v) is 5.21. The van der Waals surface area contributed by atoms with Gasteiger partial charge in [-0.05, 0) is 43.7 Å². The topological polar surface area (TPSA) is 76.5 Å². The normalized spacial score (nSPS) is 19.4. The van der Waals surface area contributed by atoms with Crippen molar-refractivity contribution in [2.24, 2.45) is 5.92 Å². The predicted molar refractivity (Wildman–Crippen MR) is 108 cm³/mol. The monoisotopic (exact) mass is 402 g/mol. The molecule has 8 heteroatoms.